The maximum Gasteiger partial charge on any atom is 0.311 e. The largest absolute Gasteiger partial charge is 0.481 e. The van der Waals surface area contributed by atoms with Crippen molar-refractivity contribution in [1.82, 2.24) is 5.32 Å². The second kappa shape index (κ2) is 7.78. The second-order valence-electron chi connectivity index (χ2n) is 5.33. The summed E-state index contributed by atoms with van der Waals surface area (Å²) in [6.07, 6.45) is 3.83. The van der Waals surface area contributed by atoms with Crippen molar-refractivity contribution in [3.8, 4) is 0 Å². The Morgan fingerprint density at radius 2 is 1.84 bits per heavy atom. The van der Waals surface area contributed by atoms with E-state index in [1.54, 1.807) is 0 Å². The molecule has 0 aromatic carbocycles. The van der Waals surface area contributed by atoms with Crippen molar-refractivity contribution < 1.29 is 14.7 Å². The topological polar surface area (TPSA) is 66.4 Å². The molecule has 0 atom stereocenters. The number of hydrogen-bond acceptors (Lipinski definition) is 3. The first-order valence-electron chi connectivity index (χ1n) is 7.12. The number of amides is 1. The summed E-state index contributed by atoms with van der Waals surface area (Å²) in [5.41, 5.74) is -0.807. The molecule has 0 aromatic rings. The van der Waals surface area contributed by atoms with Crippen LogP contribution in [0.25, 0.3) is 0 Å². The number of thioether (sulfide) groups is 1. The van der Waals surface area contributed by atoms with E-state index < -0.39 is 11.4 Å². The van der Waals surface area contributed by atoms with E-state index >= 15 is 0 Å². The van der Waals surface area contributed by atoms with E-state index in [1.165, 1.54) is 0 Å². The fourth-order valence-corrected chi connectivity index (χ4v) is 3.63. The Bertz CT molecular complexity index is 310. The van der Waals surface area contributed by atoms with Crippen LogP contribution < -0.4 is 5.32 Å². The molecule has 0 spiro atoms. The van der Waals surface area contributed by atoms with Crippen LogP contribution in [0.4, 0.5) is 0 Å². The molecule has 0 aliphatic carbocycles. The van der Waals surface area contributed by atoms with E-state index in [1.807, 2.05) is 25.6 Å². The Hall–Kier alpha value is -0.710. The van der Waals surface area contributed by atoms with Gasteiger partial charge in [-0.1, -0.05) is 13.8 Å². The Morgan fingerprint density at radius 1 is 1.26 bits per heavy atom. The molecule has 1 fully saturated rings. The highest BCUT2D eigenvalue weighted by Crippen LogP contribution is 2.27. The van der Waals surface area contributed by atoms with Gasteiger partial charge in [0.1, 0.15) is 0 Å². The van der Waals surface area contributed by atoms with Crippen LogP contribution in [0.1, 0.15) is 46.0 Å². The van der Waals surface area contributed by atoms with E-state index in [2.05, 4.69) is 5.32 Å². The molecule has 1 aliphatic rings. The SMILES string of the molecule is CCC(CC)(CNC(=O)CC1CCSCC1)C(=O)O. The summed E-state index contributed by atoms with van der Waals surface area (Å²) < 4.78 is 0. The van der Waals surface area contributed by atoms with E-state index in [0.717, 1.165) is 24.3 Å². The molecule has 110 valence electrons. The zero-order chi connectivity index (χ0) is 14.3. The van der Waals surface area contributed by atoms with E-state index in [9.17, 15) is 14.7 Å². The monoisotopic (exact) mass is 287 g/mol. The van der Waals surface area contributed by atoms with Gasteiger partial charge < -0.3 is 10.4 Å². The third kappa shape index (κ3) is 4.71. The quantitative estimate of drug-likeness (QED) is 0.755. The van der Waals surface area contributed by atoms with E-state index in [4.69, 9.17) is 0 Å². The summed E-state index contributed by atoms with van der Waals surface area (Å²) in [5, 5.41) is 12.1. The van der Waals surface area contributed by atoms with Gasteiger partial charge in [0.15, 0.2) is 0 Å². The molecule has 0 bridgehead atoms. The van der Waals surface area contributed by atoms with Gasteiger partial charge >= 0.3 is 5.97 Å². The fraction of sp³-hybridized carbons (Fsp3) is 0.857. The van der Waals surface area contributed by atoms with Crippen LogP contribution in [0, 0.1) is 11.3 Å². The molecule has 4 nitrogen and oxygen atoms in total. The summed E-state index contributed by atoms with van der Waals surface area (Å²) in [7, 11) is 0. The van der Waals surface area contributed by atoms with Gasteiger partial charge in [-0.2, -0.15) is 11.8 Å². The van der Waals surface area contributed by atoms with Crippen molar-refractivity contribution in [2.45, 2.75) is 46.0 Å². The smallest absolute Gasteiger partial charge is 0.311 e. The highest BCUT2D eigenvalue weighted by atomic mass is 32.2. The van der Waals surface area contributed by atoms with Crippen molar-refractivity contribution >= 4 is 23.6 Å². The lowest BCUT2D eigenvalue weighted by Gasteiger charge is -2.27. The number of carbonyl (C=O) groups is 2. The van der Waals surface area contributed by atoms with Gasteiger partial charge in [-0.25, -0.2) is 0 Å². The van der Waals surface area contributed by atoms with Crippen molar-refractivity contribution in [2.24, 2.45) is 11.3 Å². The number of hydrogen-bond donors (Lipinski definition) is 2. The Kier molecular flexibility index (Phi) is 6.69. The average Bonchev–Trinajstić information content (AvgIpc) is 2.41. The maximum absolute atomic E-state index is 11.9. The van der Waals surface area contributed by atoms with Crippen LogP contribution in [-0.4, -0.2) is 35.0 Å². The van der Waals surface area contributed by atoms with Gasteiger partial charge in [0.2, 0.25) is 5.91 Å². The lowest BCUT2D eigenvalue weighted by molar-refractivity contribution is -0.149. The Morgan fingerprint density at radius 3 is 2.32 bits per heavy atom. The number of carbonyl (C=O) groups excluding carboxylic acids is 1. The van der Waals surface area contributed by atoms with Crippen molar-refractivity contribution in [3.63, 3.8) is 0 Å². The molecule has 0 radical (unpaired) electrons. The van der Waals surface area contributed by atoms with E-state index in [-0.39, 0.29) is 12.5 Å². The van der Waals surface area contributed by atoms with Crippen molar-refractivity contribution in [3.05, 3.63) is 0 Å². The van der Waals surface area contributed by atoms with E-state index in [0.29, 0.717) is 25.2 Å². The van der Waals surface area contributed by atoms with Crippen molar-refractivity contribution in [2.75, 3.05) is 18.1 Å². The average molecular weight is 287 g/mol. The highest BCUT2D eigenvalue weighted by molar-refractivity contribution is 7.99. The molecule has 5 heteroatoms. The first-order valence-corrected chi connectivity index (χ1v) is 8.27. The molecule has 1 heterocycles. The Balaban J connectivity index is 2.41. The van der Waals surface area contributed by atoms with Crippen LogP contribution in [0.2, 0.25) is 0 Å². The fourth-order valence-electron chi connectivity index (χ4n) is 2.43. The summed E-state index contributed by atoms with van der Waals surface area (Å²) in [5.74, 6) is 1.95. The molecule has 0 aromatic heterocycles. The minimum Gasteiger partial charge on any atom is -0.481 e. The number of carboxylic acid groups (broad SMARTS) is 1. The summed E-state index contributed by atoms with van der Waals surface area (Å²) in [6.45, 7) is 3.97. The third-order valence-electron chi connectivity index (χ3n) is 4.25. The van der Waals surface area contributed by atoms with Crippen LogP contribution in [-0.2, 0) is 9.59 Å². The summed E-state index contributed by atoms with van der Waals surface area (Å²) in [6, 6.07) is 0. The van der Waals surface area contributed by atoms with Crippen LogP contribution in [0.3, 0.4) is 0 Å². The van der Waals surface area contributed by atoms with Crippen LogP contribution in [0.15, 0.2) is 0 Å². The Labute approximate surface area is 119 Å². The lowest BCUT2D eigenvalue weighted by Crippen LogP contribution is -2.42. The zero-order valence-electron chi connectivity index (χ0n) is 11.9. The van der Waals surface area contributed by atoms with Crippen LogP contribution in [0.5, 0.6) is 0 Å². The number of nitrogens with one attached hydrogen (secondary N) is 1. The number of aliphatic carboxylic acids is 1. The van der Waals surface area contributed by atoms with Crippen molar-refractivity contribution in [1.29, 1.82) is 0 Å². The van der Waals surface area contributed by atoms with Gasteiger partial charge in [-0.3, -0.25) is 9.59 Å². The summed E-state index contributed by atoms with van der Waals surface area (Å²) in [4.78, 5) is 23.2. The minimum absolute atomic E-state index is 0.00410. The molecule has 1 saturated heterocycles. The van der Waals surface area contributed by atoms with Gasteiger partial charge in [0.25, 0.3) is 0 Å². The summed E-state index contributed by atoms with van der Waals surface area (Å²) >= 11 is 1.95. The molecular weight excluding hydrogens is 262 g/mol. The molecule has 1 amide bonds. The maximum atomic E-state index is 11.9. The first kappa shape index (κ1) is 16.3. The minimum atomic E-state index is -0.813. The van der Waals surface area contributed by atoms with Gasteiger partial charge in [0.05, 0.1) is 5.41 Å². The molecule has 2 N–H and O–H groups in total. The molecule has 19 heavy (non-hydrogen) atoms. The zero-order valence-corrected chi connectivity index (χ0v) is 12.7. The second-order valence-corrected chi connectivity index (χ2v) is 6.55. The molecule has 0 unspecified atom stereocenters. The predicted molar refractivity (Wildman–Crippen MR) is 78.3 cm³/mol. The van der Waals surface area contributed by atoms with Gasteiger partial charge in [0, 0.05) is 13.0 Å². The first-order chi connectivity index (χ1) is 9.04. The predicted octanol–water partition coefficient (Wildman–Crippen LogP) is 2.53. The molecule has 0 saturated carbocycles. The molecule has 1 rings (SSSR count). The number of carboxylic acids is 1. The molecule has 1 aliphatic heterocycles. The highest BCUT2D eigenvalue weighted by Gasteiger charge is 2.35. The molecular formula is C14H25NO3S. The van der Waals surface area contributed by atoms with Gasteiger partial charge in [-0.15, -0.1) is 0 Å². The standard InChI is InChI=1S/C14H25NO3S/c1-3-14(4-2,13(17)18)10-15-12(16)9-11-5-7-19-8-6-11/h11H,3-10H2,1-2H3,(H,15,16)(H,17,18). The normalized spacial score (nSPS) is 17.2. The third-order valence-corrected chi connectivity index (χ3v) is 5.29. The van der Waals surface area contributed by atoms with Crippen LogP contribution >= 0.6 is 11.8 Å². The number of rotatable bonds is 7. The lowest BCUT2D eigenvalue weighted by atomic mass is 9.82. The van der Waals surface area contributed by atoms with Gasteiger partial charge in [-0.05, 0) is 43.1 Å².